The van der Waals surface area contributed by atoms with Gasteiger partial charge in [0.2, 0.25) is 0 Å². The number of halogens is 2. The Morgan fingerprint density at radius 2 is 2.26 bits per heavy atom. The van der Waals surface area contributed by atoms with Crippen molar-refractivity contribution in [2.75, 3.05) is 32.8 Å². The summed E-state index contributed by atoms with van der Waals surface area (Å²) in [6.45, 7) is 6.34. The average molecular weight is 270 g/mol. The van der Waals surface area contributed by atoms with E-state index in [9.17, 15) is 8.78 Å². The van der Waals surface area contributed by atoms with Gasteiger partial charge in [-0.25, -0.2) is 8.78 Å². The lowest BCUT2D eigenvalue weighted by atomic mass is 10.1. The summed E-state index contributed by atoms with van der Waals surface area (Å²) in [7, 11) is 0. The van der Waals surface area contributed by atoms with Crippen LogP contribution in [0.15, 0.2) is 18.2 Å². The summed E-state index contributed by atoms with van der Waals surface area (Å²) in [6, 6.07) is 4.00. The minimum Gasteiger partial charge on any atom is -0.378 e. The summed E-state index contributed by atoms with van der Waals surface area (Å²) < 4.78 is 32.0. The van der Waals surface area contributed by atoms with E-state index >= 15 is 0 Å². The van der Waals surface area contributed by atoms with E-state index in [-0.39, 0.29) is 6.04 Å². The molecule has 0 aliphatic carbocycles. The van der Waals surface area contributed by atoms with Crippen LogP contribution in [0.25, 0.3) is 0 Å². The Morgan fingerprint density at radius 3 is 3.00 bits per heavy atom. The molecule has 1 saturated heterocycles. The molecule has 1 N–H and O–H groups in total. The van der Waals surface area contributed by atoms with E-state index in [1.54, 1.807) is 0 Å². The van der Waals surface area contributed by atoms with E-state index < -0.39 is 11.6 Å². The summed E-state index contributed by atoms with van der Waals surface area (Å²) in [5.41, 5.74) is 0.532. The average Bonchev–Trinajstić information content (AvgIpc) is 2.41. The Bertz CT molecular complexity index is 414. The van der Waals surface area contributed by atoms with Crippen LogP contribution >= 0.6 is 0 Å². The van der Waals surface area contributed by atoms with Gasteiger partial charge in [-0.2, -0.15) is 0 Å². The number of morpholine rings is 1. The number of benzene rings is 1. The third-order valence-electron chi connectivity index (χ3n) is 3.37. The summed E-state index contributed by atoms with van der Waals surface area (Å²) in [5.74, 6) is -1.01. The van der Waals surface area contributed by atoms with Gasteiger partial charge in [0, 0.05) is 37.3 Å². The molecule has 0 amide bonds. The lowest BCUT2D eigenvalue weighted by Crippen LogP contribution is -2.49. The largest absolute Gasteiger partial charge is 0.378 e. The van der Waals surface area contributed by atoms with Gasteiger partial charge in [-0.15, -0.1) is 0 Å². The molecule has 0 bridgehead atoms. The second-order valence-corrected chi connectivity index (χ2v) is 4.74. The highest BCUT2D eigenvalue weighted by Crippen LogP contribution is 2.15. The van der Waals surface area contributed by atoms with E-state index in [4.69, 9.17) is 4.74 Å². The van der Waals surface area contributed by atoms with Crippen LogP contribution in [-0.4, -0.2) is 43.8 Å². The van der Waals surface area contributed by atoms with Gasteiger partial charge < -0.3 is 10.1 Å². The molecule has 1 aliphatic heterocycles. The van der Waals surface area contributed by atoms with Crippen molar-refractivity contribution < 1.29 is 13.5 Å². The standard InChI is InChI=1S/C14H20F2N2O/c1-2-17-8-13-10-19-6-5-18(13)9-11-3-4-12(15)7-14(11)16/h3-4,7,13,17H,2,5-6,8-10H2,1H3. The van der Waals surface area contributed by atoms with Crippen molar-refractivity contribution in [2.45, 2.75) is 19.5 Å². The summed E-state index contributed by atoms with van der Waals surface area (Å²) >= 11 is 0. The number of ether oxygens (including phenoxy) is 1. The smallest absolute Gasteiger partial charge is 0.130 e. The monoisotopic (exact) mass is 270 g/mol. The number of nitrogens with zero attached hydrogens (tertiary/aromatic N) is 1. The van der Waals surface area contributed by atoms with E-state index in [2.05, 4.69) is 10.2 Å². The highest BCUT2D eigenvalue weighted by atomic mass is 19.1. The zero-order valence-electron chi connectivity index (χ0n) is 11.2. The predicted octanol–water partition coefficient (Wildman–Crippen LogP) is 1.78. The van der Waals surface area contributed by atoms with Crippen molar-refractivity contribution in [3.05, 3.63) is 35.4 Å². The molecule has 1 heterocycles. The highest BCUT2D eigenvalue weighted by Gasteiger charge is 2.23. The zero-order valence-corrected chi connectivity index (χ0v) is 11.2. The number of likely N-dealkylation sites (N-methyl/N-ethyl adjacent to an activating group) is 1. The molecule has 5 heteroatoms. The van der Waals surface area contributed by atoms with Gasteiger partial charge in [0.25, 0.3) is 0 Å². The van der Waals surface area contributed by atoms with Crippen molar-refractivity contribution in [2.24, 2.45) is 0 Å². The fraction of sp³-hybridized carbons (Fsp3) is 0.571. The van der Waals surface area contributed by atoms with Crippen LogP contribution < -0.4 is 5.32 Å². The van der Waals surface area contributed by atoms with Crippen LogP contribution in [0, 0.1) is 11.6 Å². The Balaban J connectivity index is 2.02. The first-order valence-corrected chi connectivity index (χ1v) is 6.67. The van der Waals surface area contributed by atoms with Crippen LogP contribution in [0.1, 0.15) is 12.5 Å². The Hall–Kier alpha value is -1.04. The second-order valence-electron chi connectivity index (χ2n) is 4.74. The van der Waals surface area contributed by atoms with Gasteiger partial charge in [0.05, 0.1) is 13.2 Å². The quantitative estimate of drug-likeness (QED) is 0.882. The first-order valence-electron chi connectivity index (χ1n) is 6.67. The zero-order chi connectivity index (χ0) is 13.7. The fourth-order valence-corrected chi connectivity index (χ4v) is 2.27. The van der Waals surface area contributed by atoms with Crippen LogP contribution in [0.4, 0.5) is 8.78 Å². The Kier molecular flexibility index (Phi) is 5.24. The third-order valence-corrected chi connectivity index (χ3v) is 3.37. The van der Waals surface area contributed by atoms with Gasteiger partial charge in [0.15, 0.2) is 0 Å². The molecule has 1 aliphatic rings. The Labute approximate surface area is 112 Å². The lowest BCUT2D eigenvalue weighted by Gasteiger charge is -2.35. The van der Waals surface area contributed by atoms with Crippen molar-refractivity contribution in [3.63, 3.8) is 0 Å². The number of hydrogen-bond donors (Lipinski definition) is 1. The van der Waals surface area contributed by atoms with Crippen molar-refractivity contribution in [1.82, 2.24) is 10.2 Å². The molecule has 0 saturated carbocycles. The van der Waals surface area contributed by atoms with Gasteiger partial charge in [-0.1, -0.05) is 13.0 Å². The molecule has 1 unspecified atom stereocenters. The molecule has 106 valence electrons. The minimum atomic E-state index is -0.535. The molecule has 1 aromatic rings. The fourth-order valence-electron chi connectivity index (χ4n) is 2.27. The second kappa shape index (κ2) is 6.93. The lowest BCUT2D eigenvalue weighted by molar-refractivity contribution is -0.0112. The van der Waals surface area contributed by atoms with Crippen LogP contribution in [-0.2, 0) is 11.3 Å². The minimum absolute atomic E-state index is 0.234. The first-order chi connectivity index (χ1) is 9.20. The SMILES string of the molecule is CCNCC1COCCN1Cc1ccc(F)cc1F. The molecule has 1 atom stereocenters. The third kappa shape index (κ3) is 3.96. The topological polar surface area (TPSA) is 24.5 Å². The van der Waals surface area contributed by atoms with E-state index in [0.29, 0.717) is 25.3 Å². The molecule has 2 rings (SSSR count). The maximum absolute atomic E-state index is 13.7. The maximum atomic E-state index is 13.7. The maximum Gasteiger partial charge on any atom is 0.130 e. The van der Waals surface area contributed by atoms with E-state index in [1.165, 1.54) is 12.1 Å². The number of rotatable bonds is 5. The van der Waals surface area contributed by atoms with Gasteiger partial charge in [0.1, 0.15) is 11.6 Å². The number of nitrogens with one attached hydrogen (secondary N) is 1. The van der Waals surface area contributed by atoms with Crippen LogP contribution in [0.3, 0.4) is 0 Å². The summed E-state index contributed by atoms with van der Waals surface area (Å²) in [5, 5.41) is 3.28. The van der Waals surface area contributed by atoms with E-state index in [0.717, 1.165) is 25.7 Å². The highest BCUT2D eigenvalue weighted by molar-refractivity contribution is 5.18. The molecule has 0 aromatic heterocycles. The molecule has 19 heavy (non-hydrogen) atoms. The summed E-state index contributed by atoms with van der Waals surface area (Å²) in [6.07, 6.45) is 0. The molecule has 1 fully saturated rings. The Morgan fingerprint density at radius 1 is 1.42 bits per heavy atom. The van der Waals surface area contributed by atoms with Crippen molar-refractivity contribution in [1.29, 1.82) is 0 Å². The predicted molar refractivity (Wildman–Crippen MR) is 69.9 cm³/mol. The normalized spacial score (nSPS) is 20.7. The van der Waals surface area contributed by atoms with E-state index in [1.807, 2.05) is 6.92 Å². The van der Waals surface area contributed by atoms with Gasteiger partial charge >= 0.3 is 0 Å². The first kappa shape index (κ1) is 14.4. The molecular weight excluding hydrogens is 250 g/mol. The molecule has 3 nitrogen and oxygen atoms in total. The van der Waals surface area contributed by atoms with Crippen LogP contribution in [0.5, 0.6) is 0 Å². The summed E-state index contributed by atoms with van der Waals surface area (Å²) in [4.78, 5) is 2.18. The molecule has 0 radical (unpaired) electrons. The van der Waals surface area contributed by atoms with Gasteiger partial charge in [-0.05, 0) is 12.6 Å². The van der Waals surface area contributed by atoms with Crippen molar-refractivity contribution in [3.8, 4) is 0 Å². The van der Waals surface area contributed by atoms with Crippen molar-refractivity contribution >= 4 is 0 Å². The van der Waals surface area contributed by atoms with Gasteiger partial charge in [-0.3, -0.25) is 4.90 Å². The number of hydrogen-bond acceptors (Lipinski definition) is 3. The molecular formula is C14H20F2N2O. The molecule has 1 aromatic carbocycles. The van der Waals surface area contributed by atoms with Crippen LogP contribution in [0.2, 0.25) is 0 Å². The molecule has 0 spiro atoms.